The van der Waals surface area contributed by atoms with Gasteiger partial charge in [-0.15, -0.1) is 0 Å². The molecule has 0 atom stereocenters. The second-order valence-corrected chi connectivity index (χ2v) is 7.20. The Morgan fingerprint density at radius 3 is 2.54 bits per heavy atom. The van der Waals surface area contributed by atoms with Crippen molar-refractivity contribution < 1.29 is 4.79 Å². The Morgan fingerprint density at radius 1 is 1.07 bits per heavy atom. The molecule has 0 saturated carbocycles. The number of aromatic nitrogens is 3. The number of rotatable bonds is 8. The van der Waals surface area contributed by atoms with E-state index in [0.717, 1.165) is 42.9 Å². The molecule has 2 aromatic heterocycles. The predicted molar refractivity (Wildman–Crippen MR) is 111 cm³/mol. The summed E-state index contributed by atoms with van der Waals surface area (Å²) in [6.45, 7) is 6.76. The molecule has 0 fully saturated rings. The van der Waals surface area contributed by atoms with Crippen molar-refractivity contribution in [1.82, 2.24) is 14.3 Å². The minimum atomic E-state index is -0.244. The summed E-state index contributed by atoms with van der Waals surface area (Å²) >= 11 is 0. The zero-order valence-electron chi connectivity index (χ0n) is 16.8. The minimum Gasteiger partial charge on any atom is -0.344 e. The van der Waals surface area contributed by atoms with E-state index in [4.69, 9.17) is 0 Å². The minimum absolute atomic E-state index is 0.0333. The molecular weight excluding hydrogens is 350 g/mol. The first kappa shape index (κ1) is 19.8. The second-order valence-electron chi connectivity index (χ2n) is 7.20. The van der Waals surface area contributed by atoms with Gasteiger partial charge in [-0.3, -0.25) is 9.59 Å². The molecule has 3 aromatic rings. The van der Waals surface area contributed by atoms with E-state index in [-0.39, 0.29) is 17.9 Å². The van der Waals surface area contributed by atoms with Crippen LogP contribution in [0.2, 0.25) is 0 Å². The van der Waals surface area contributed by atoms with E-state index in [1.54, 1.807) is 6.07 Å². The van der Waals surface area contributed by atoms with E-state index < -0.39 is 0 Å². The highest BCUT2D eigenvalue weighted by molar-refractivity contribution is 5.97. The Kier molecular flexibility index (Phi) is 6.24. The van der Waals surface area contributed by atoms with Crippen LogP contribution in [0.5, 0.6) is 0 Å². The normalized spacial score (nSPS) is 11.0. The molecule has 0 amide bonds. The number of hydrogen-bond acceptors (Lipinski definition) is 3. The summed E-state index contributed by atoms with van der Waals surface area (Å²) in [6, 6.07) is 15.3. The van der Waals surface area contributed by atoms with Crippen LogP contribution < -0.4 is 5.56 Å². The van der Waals surface area contributed by atoms with E-state index >= 15 is 0 Å². The van der Waals surface area contributed by atoms with E-state index in [2.05, 4.69) is 28.7 Å². The van der Waals surface area contributed by atoms with E-state index in [1.807, 2.05) is 38.1 Å². The van der Waals surface area contributed by atoms with Gasteiger partial charge in [0.25, 0.3) is 5.56 Å². The van der Waals surface area contributed by atoms with Crippen LogP contribution in [-0.2, 0) is 19.5 Å². The summed E-state index contributed by atoms with van der Waals surface area (Å²) in [5.41, 5.74) is 4.39. The number of ketones is 1. The molecule has 0 N–H and O–H groups in total. The van der Waals surface area contributed by atoms with Gasteiger partial charge in [0.2, 0.25) is 0 Å². The van der Waals surface area contributed by atoms with Crippen molar-refractivity contribution in [3.63, 3.8) is 0 Å². The standard InChI is InChI=1S/C23H27N3O2/c1-4-5-11-20-12-13-23(28)26(24-20)16-22(27)21-14-17(2)25(18(21)3)15-19-9-7-6-8-10-19/h6-10,12-14H,4-5,11,15-16H2,1-3H3. The molecule has 0 radical (unpaired) electrons. The first-order valence-corrected chi connectivity index (χ1v) is 9.80. The average Bonchev–Trinajstić information content (AvgIpc) is 2.97. The maximum Gasteiger partial charge on any atom is 0.267 e. The van der Waals surface area contributed by atoms with Crippen molar-refractivity contribution in [1.29, 1.82) is 0 Å². The molecule has 3 rings (SSSR count). The highest BCUT2D eigenvalue weighted by atomic mass is 16.1. The van der Waals surface area contributed by atoms with Gasteiger partial charge in [-0.25, -0.2) is 4.68 Å². The quantitative estimate of drug-likeness (QED) is 0.559. The predicted octanol–water partition coefficient (Wildman–Crippen LogP) is 3.94. The molecule has 0 aliphatic carbocycles. The largest absolute Gasteiger partial charge is 0.344 e. The van der Waals surface area contributed by atoms with E-state index in [0.29, 0.717) is 5.56 Å². The number of Topliss-reactive ketones (excluding diaryl/α,β-unsaturated/α-hetero) is 1. The van der Waals surface area contributed by atoms with Gasteiger partial charge >= 0.3 is 0 Å². The molecule has 28 heavy (non-hydrogen) atoms. The summed E-state index contributed by atoms with van der Waals surface area (Å²) < 4.78 is 3.42. The van der Waals surface area contributed by atoms with Crippen molar-refractivity contribution in [3.05, 3.63) is 87.1 Å². The van der Waals surface area contributed by atoms with Crippen LogP contribution >= 0.6 is 0 Å². The summed E-state index contributed by atoms with van der Waals surface area (Å²) in [6.07, 6.45) is 2.89. The van der Waals surface area contributed by atoms with Gasteiger partial charge in [0.1, 0.15) is 6.54 Å². The number of unbranched alkanes of at least 4 members (excludes halogenated alkanes) is 1. The van der Waals surface area contributed by atoms with Crippen molar-refractivity contribution >= 4 is 5.78 Å². The van der Waals surface area contributed by atoms with Crippen molar-refractivity contribution in [2.45, 2.75) is 53.1 Å². The van der Waals surface area contributed by atoms with E-state index in [1.165, 1.54) is 16.3 Å². The Bertz CT molecular complexity index is 1020. The lowest BCUT2D eigenvalue weighted by Crippen LogP contribution is -2.27. The van der Waals surface area contributed by atoms with Crippen molar-refractivity contribution in [2.75, 3.05) is 0 Å². The molecule has 146 valence electrons. The van der Waals surface area contributed by atoms with Crippen LogP contribution in [0.15, 0.2) is 53.3 Å². The Balaban J connectivity index is 1.82. The van der Waals surface area contributed by atoms with Gasteiger partial charge in [0, 0.05) is 29.6 Å². The third-order valence-electron chi connectivity index (χ3n) is 5.06. The van der Waals surface area contributed by atoms with Gasteiger partial charge in [-0.05, 0) is 44.4 Å². The maximum atomic E-state index is 12.9. The summed E-state index contributed by atoms with van der Waals surface area (Å²) in [7, 11) is 0. The van der Waals surface area contributed by atoms with Crippen molar-refractivity contribution in [3.8, 4) is 0 Å². The highest BCUT2D eigenvalue weighted by Gasteiger charge is 2.17. The third-order valence-corrected chi connectivity index (χ3v) is 5.06. The maximum absolute atomic E-state index is 12.9. The lowest BCUT2D eigenvalue weighted by Gasteiger charge is -2.10. The molecule has 0 unspecified atom stereocenters. The Labute approximate surface area is 165 Å². The average molecular weight is 377 g/mol. The number of carbonyl (C=O) groups is 1. The summed E-state index contributed by atoms with van der Waals surface area (Å²) in [4.78, 5) is 25.1. The molecule has 0 saturated heterocycles. The molecule has 0 aliphatic rings. The molecule has 5 heteroatoms. The molecule has 0 aliphatic heterocycles. The number of aryl methyl sites for hydroxylation is 2. The SMILES string of the molecule is CCCCc1ccc(=O)n(CC(=O)c2cc(C)n(Cc3ccccc3)c2C)n1. The van der Waals surface area contributed by atoms with Gasteiger partial charge in [-0.1, -0.05) is 43.7 Å². The molecule has 2 heterocycles. The summed E-state index contributed by atoms with van der Waals surface area (Å²) in [5, 5.41) is 4.38. The molecular formula is C23H27N3O2. The number of carbonyl (C=O) groups excluding carboxylic acids is 1. The lowest BCUT2D eigenvalue weighted by molar-refractivity contribution is 0.0964. The van der Waals surface area contributed by atoms with Crippen LogP contribution in [0, 0.1) is 13.8 Å². The summed E-state index contributed by atoms with van der Waals surface area (Å²) in [5.74, 6) is -0.0883. The zero-order chi connectivity index (χ0) is 20.1. The fourth-order valence-corrected chi connectivity index (χ4v) is 3.41. The molecule has 0 spiro atoms. The zero-order valence-corrected chi connectivity index (χ0v) is 16.8. The first-order valence-electron chi connectivity index (χ1n) is 9.80. The van der Waals surface area contributed by atoms with Gasteiger partial charge in [-0.2, -0.15) is 5.10 Å². The first-order chi connectivity index (χ1) is 13.5. The topological polar surface area (TPSA) is 56.9 Å². The van der Waals surface area contributed by atoms with Gasteiger partial charge in [0.05, 0.1) is 5.69 Å². The Morgan fingerprint density at radius 2 is 1.82 bits per heavy atom. The molecule has 5 nitrogen and oxygen atoms in total. The van der Waals surface area contributed by atoms with Crippen LogP contribution in [0.1, 0.15) is 52.8 Å². The third kappa shape index (κ3) is 4.47. The van der Waals surface area contributed by atoms with Gasteiger partial charge < -0.3 is 4.57 Å². The molecule has 0 bridgehead atoms. The van der Waals surface area contributed by atoms with E-state index in [9.17, 15) is 9.59 Å². The van der Waals surface area contributed by atoms with Crippen LogP contribution in [0.3, 0.4) is 0 Å². The van der Waals surface area contributed by atoms with Gasteiger partial charge in [0.15, 0.2) is 5.78 Å². The van der Waals surface area contributed by atoms with Crippen molar-refractivity contribution in [2.24, 2.45) is 0 Å². The lowest BCUT2D eigenvalue weighted by atomic mass is 10.1. The number of benzene rings is 1. The Hall–Kier alpha value is -2.95. The fourth-order valence-electron chi connectivity index (χ4n) is 3.41. The van der Waals surface area contributed by atoms with Crippen LogP contribution in [0.4, 0.5) is 0 Å². The monoisotopic (exact) mass is 377 g/mol. The van der Waals surface area contributed by atoms with Crippen LogP contribution in [0.25, 0.3) is 0 Å². The number of nitrogens with zero attached hydrogens (tertiary/aromatic N) is 3. The highest BCUT2D eigenvalue weighted by Crippen LogP contribution is 2.18. The smallest absolute Gasteiger partial charge is 0.267 e. The second kappa shape index (κ2) is 8.83. The molecule has 1 aromatic carbocycles. The van der Waals surface area contributed by atoms with Crippen LogP contribution in [-0.4, -0.2) is 20.1 Å². The number of hydrogen-bond donors (Lipinski definition) is 0. The fraction of sp³-hybridized carbons (Fsp3) is 0.348.